The average Bonchev–Trinajstić information content (AvgIpc) is 2.59. The monoisotopic (exact) mass is 253 g/mol. The Balaban J connectivity index is 0.00000128. The molecule has 1 heterocycles. The Bertz CT molecular complexity index is 489. The molecule has 86 valence electrons. The van der Waals surface area contributed by atoms with E-state index >= 15 is 0 Å². The van der Waals surface area contributed by atoms with Crippen molar-refractivity contribution in [1.82, 2.24) is 0 Å². The maximum absolute atomic E-state index is 6.15. The van der Waals surface area contributed by atoms with Gasteiger partial charge in [-0.1, -0.05) is 23.8 Å². The summed E-state index contributed by atoms with van der Waals surface area (Å²) in [6.07, 6.45) is 0.862. The van der Waals surface area contributed by atoms with Crippen molar-refractivity contribution in [2.45, 2.75) is 19.4 Å². The van der Waals surface area contributed by atoms with Crippen LogP contribution in [0.5, 0.6) is 0 Å². The first-order chi connectivity index (χ1) is 7.18. The van der Waals surface area contributed by atoms with E-state index in [2.05, 4.69) is 36.2 Å². The van der Waals surface area contributed by atoms with Gasteiger partial charge in [-0.2, -0.15) is 0 Å². The lowest BCUT2D eigenvalue weighted by atomic mass is 10.0. The first kappa shape index (κ1) is 13.2. The van der Waals surface area contributed by atoms with E-state index in [1.807, 2.05) is 6.92 Å². The lowest BCUT2D eigenvalue weighted by molar-refractivity contribution is 0.725. The van der Waals surface area contributed by atoms with Gasteiger partial charge in [-0.25, -0.2) is 0 Å². The molecular formula is C13H16ClNS. The van der Waals surface area contributed by atoms with Crippen molar-refractivity contribution in [3.05, 3.63) is 47.4 Å². The van der Waals surface area contributed by atoms with Crippen LogP contribution in [0.15, 0.2) is 41.8 Å². The van der Waals surface area contributed by atoms with Crippen LogP contribution < -0.4 is 5.73 Å². The van der Waals surface area contributed by atoms with E-state index in [9.17, 15) is 0 Å². The number of hydrogen-bond acceptors (Lipinski definition) is 2. The molecule has 1 aromatic heterocycles. The van der Waals surface area contributed by atoms with Gasteiger partial charge in [0, 0.05) is 10.7 Å². The molecule has 0 aliphatic carbocycles. The van der Waals surface area contributed by atoms with Crippen molar-refractivity contribution in [2.75, 3.05) is 0 Å². The molecule has 0 saturated heterocycles. The summed E-state index contributed by atoms with van der Waals surface area (Å²) >= 11 is 1.76. The van der Waals surface area contributed by atoms with Gasteiger partial charge >= 0.3 is 0 Å². The van der Waals surface area contributed by atoms with Crippen LogP contribution in [0, 0.1) is 0 Å². The van der Waals surface area contributed by atoms with E-state index < -0.39 is 0 Å². The van der Waals surface area contributed by atoms with E-state index in [4.69, 9.17) is 5.73 Å². The zero-order chi connectivity index (χ0) is 10.8. The van der Waals surface area contributed by atoms with Crippen LogP contribution in [0.2, 0.25) is 0 Å². The van der Waals surface area contributed by atoms with Crippen molar-refractivity contribution in [2.24, 2.45) is 5.73 Å². The van der Waals surface area contributed by atoms with Crippen LogP contribution in [0.3, 0.4) is 0 Å². The van der Waals surface area contributed by atoms with Crippen LogP contribution in [-0.2, 0) is 0 Å². The number of halogens is 1. The predicted molar refractivity (Wildman–Crippen MR) is 75.4 cm³/mol. The highest BCUT2D eigenvalue weighted by Crippen LogP contribution is 2.31. The molecule has 1 atom stereocenters. The normalized spacial score (nSPS) is 12.1. The fraction of sp³-hybridized carbons (Fsp3) is 0.231. The summed E-state index contributed by atoms with van der Waals surface area (Å²) < 4.78 is 1.31. The molecule has 0 fully saturated rings. The topological polar surface area (TPSA) is 26.0 Å². The molecule has 1 aromatic carbocycles. The highest BCUT2D eigenvalue weighted by Gasteiger charge is 2.11. The molecule has 0 amide bonds. The van der Waals surface area contributed by atoms with Crippen LogP contribution in [0.4, 0.5) is 0 Å². The largest absolute Gasteiger partial charge is 0.324 e. The molecular weight excluding hydrogens is 238 g/mol. The lowest BCUT2D eigenvalue weighted by Crippen LogP contribution is -2.09. The number of rotatable bonds is 3. The van der Waals surface area contributed by atoms with Crippen LogP contribution >= 0.6 is 23.7 Å². The average molecular weight is 254 g/mol. The van der Waals surface area contributed by atoms with Crippen LogP contribution in [-0.4, -0.2) is 0 Å². The highest BCUT2D eigenvalue weighted by atomic mass is 35.5. The minimum absolute atomic E-state index is 0. The van der Waals surface area contributed by atoms with Crippen molar-refractivity contribution in [1.29, 1.82) is 0 Å². The summed E-state index contributed by atoms with van der Waals surface area (Å²) in [7, 11) is 0. The zero-order valence-corrected chi connectivity index (χ0v) is 10.9. The molecule has 0 saturated carbocycles. The molecule has 0 unspecified atom stereocenters. The summed E-state index contributed by atoms with van der Waals surface area (Å²) in [5, 5.41) is 3.45. The van der Waals surface area contributed by atoms with Gasteiger partial charge in [0.05, 0.1) is 0 Å². The summed E-state index contributed by atoms with van der Waals surface area (Å²) in [4.78, 5) is 0. The van der Waals surface area contributed by atoms with Gasteiger partial charge in [0.1, 0.15) is 0 Å². The van der Waals surface area contributed by atoms with Crippen molar-refractivity contribution in [3.8, 4) is 0 Å². The minimum Gasteiger partial charge on any atom is -0.324 e. The van der Waals surface area contributed by atoms with Crippen molar-refractivity contribution >= 4 is 33.8 Å². The Morgan fingerprint density at radius 3 is 2.81 bits per heavy atom. The van der Waals surface area contributed by atoms with E-state index in [1.54, 1.807) is 11.3 Å². The van der Waals surface area contributed by atoms with Crippen LogP contribution in [0.25, 0.3) is 10.1 Å². The molecule has 3 heteroatoms. The zero-order valence-electron chi connectivity index (χ0n) is 9.27. The molecule has 16 heavy (non-hydrogen) atoms. The summed E-state index contributed by atoms with van der Waals surface area (Å²) in [5.74, 6) is 0. The molecule has 0 aliphatic heterocycles. The number of fused-ring (bicyclic) bond motifs is 1. The number of nitrogens with two attached hydrogens (primary N) is 1. The standard InChI is InChI=1S/C13H15NS.ClH/c1-9(2)7-12(14)11-8-15-13-6-4-3-5-10(11)13;/h3-6,8,12H,1,7,14H2,2H3;1H/t12-;/m1./s1. The predicted octanol–water partition coefficient (Wildman–Crippen LogP) is 4.29. The SMILES string of the molecule is C=C(C)C[C@@H](N)c1csc2ccccc12.Cl. The third-order valence-corrected chi connectivity index (χ3v) is 3.46. The Morgan fingerprint density at radius 1 is 1.44 bits per heavy atom. The molecule has 2 rings (SSSR count). The second-order valence-electron chi connectivity index (χ2n) is 3.95. The Morgan fingerprint density at radius 2 is 2.12 bits per heavy atom. The van der Waals surface area contributed by atoms with Gasteiger partial charge in [0.15, 0.2) is 0 Å². The van der Waals surface area contributed by atoms with Crippen molar-refractivity contribution in [3.63, 3.8) is 0 Å². The second-order valence-corrected chi connectivity index (χ2v) is 4.87. The minimum atomic E-state index is 0. The van der Waals surface area contributed by atoms with E-state index in [0.29, 0.717) is 0 Å². The fourth-order valence-corrected chi connectivity index (χ4v) is 2.80. The van der Waals surface area contributed by atoms with Gasteiger partial charge in [0.25, 0.3) is 0 Å². The summed E-state index contributed by atoms with van der Waals surface area (Å²) in [6, 6.07) is 8.48. The molecule has 0 aliphatic rings. The second kappa shape index (κ2) is 5.48. The van der Waals surface area contributed by atoms with Gasteiger partial charge in [-0.15, -0.1) is 30.3 Å². The summed E-state index contributed by atoms with van der Waals surface area (Å²) in [5.41, 5.74) is 8.54. The highest BCUT2D eigenvalue weighted by molar-refractivity contribution is 7.17. The molecule has 0 bridgehead atoms. The first-order valence-corrected chi connectivity index (χ1v) is 5.92. The third kappa shape index (κ3) is 2.64. The van der Waals surface area contributed by atoms with Gasteiger partial charge in [0.2, 0.25) is 0 Å². The Kier molecular flexibility index (Phi) is 4.54. The quantitative estimate of drug-likeness (QED) is 0.812. The Hall–Kier alpha value is -0.830. The van der Waals surface area contributed by atoms with Gasteiger partial charge < -0.3 is 5.73 Å². The fourth-order valence-electron chi connectivity index (χ4n) is 1.77. The molecule has 0 radical (unpaired) electrons. The van der Waals surface area contributed by atoms with Gasteiger partial charge in [-0.3, -0.25) is 0 Å². The van der Waals surface area contributed by atoms with Crippen LogP contribution in [0.1, 0.15) is 24.9 Å². The van der Waals surface area contributed by atoms with Gasteiger partial charge in [-0.05, 0) is 35.7 Å². The smallest absolute Gasteiger partial charge is 0.0346 e. The molecule has 2 N–H and O–H groups in total. The third-order valence-electron chi connectivity index (χ3n) is 2.48. The maximum Gasteiger partial charge on any atom is 0.0346 e. The Labute approximate surface area is 106 Å². The summed E-state index contributed by atoms with van der Waals surface area (Å²) in [6.45, 7) is 5.93. The van der Waals surface area contributed by atoms with E-state index in [0.717, 1.165) is 12.0 Å². The number of hydrogen-bond donors (Lipinski definition) is 1. The van der Waals surface area contributed by atoms with E-state index in [-0.39, 0.29) is 18.4 Å². The maximum atomic E-state index is 6.15. The first-order valence-electron chi connectivity index (χ1n) is 5.04. The molecule has 1 nitrogen and oxygen atoms in total. The number of thiophene rings is 1. The van der Waals surface area contributed by atoms with E-state index in [1.165, 1.54) is 15.6 Å². The molecule has 2 aromatic rings. The molecule has 0 spiro atoms. The lowest BCUT2D eigenvalue weighted by Gasteiger charge is -2.10. The van der Waals surface area contributed by atoms with Crippen molar-refractivity contribution < 1.29 is 0 Å². The number of benzene rings is 1.